The van der Waals surface area contributed by atoms with Crippen LogP contribution in [0.25, 0.3) is 21.8 Å². The van der Waals surface area contributed by atoms with Crippen molar-refractivity contribution in [3.63, 3.8) is 0 Å². The number of hydrogen-bond acceptors (Lipinski definition) is 6. The third-order valence-electron chi connectivity index (χ3n) is 6.22. The second kappa shape index (κ2) is 9.18. The van der Waals surface area contributed by atoms with Crippen molar-refractivity contribution in [2.75, 3.05) is 37.6 Å². The van der Waals surface area contributed by atoms with E-state index in [0.29, 0.717) is 40.6 Å². The lowest BCUT2D eigenvalue weighted by molar-refractivity contribution is 0.0951. The van der Waals surface area contributed by atoms with Crippen LogP contribution in [0, 0.1) is 5.82 Å². The van der Waals surface area contributed by atoms with E-state index in [9.17, 15) is 9.59 Å². The van der Waals surface area contributed by atoms with Gasteiger partial charge in [-0.15, -0.1) is 0 Å². The number of amides is 1. The van der Waals surface area contributed by atoms with Gasteiger partial charge < -0.3 is 15.2 Å². The van der Waals surface area contributed by atoms with Crippen LogP contribution in [-0.4, -0.2) is 58.5 Å². The summed E-state index contributed by atoms with van der Waals surface area (Å²) in [5, 5.41) is 3.79. The average molecular weight is 461 g/mol. The SMILES string of the molecule is CCNC(=O)c1ccc(N2CCN(Cc3ccc4c([nH]c(=O)c5cccnc54)c3F)CC2)cn1. The molecule has 1 aliphatic rings. The molecule has 5 rings (SSSR count). The van der Waals surface area contributed by atoms with Crippen LogP contribution in [-0.2, 0) is 6.54 Å². The summed E-state index contributed by atoms with van der Waals surface area (Å²) in [5.41, 5.74) is 2.27. The van der Waals surface area contributed by atoms with E-state index in [-0.39, 0.29) is 17.0 Å². The molecule has 2 N–H and O–H groups in total. The van der Waals surface area contributed by atoms with Gasteiger partial charge in [-0.25, -0.2) is 9.37 Å². The molecular weight excluding hydrogens is 435 g/mol. The average Bonchev–Trinajstić information content (AvgIpc) is 2.87. The molecule has 0 bridgehead atoms. The Morgan fingerprint density at radius 1 is 1.09 bits per heavy atom. The van der Waals surface area contributed by atoms with Crippen LogP contribution in [0.3, 0.4) is 0 Å². The van der Waals surface area contributed by atoms with E-state index < -0.39 is 5.82 Å². The number of piperazine rings is 1. The first-order valence-electron chi connectivity index (χ1n) is 11.3. The molecule has 1 saturated heterocycles. The maximum absolute atomic E-state index is 15.4. The second-order valence-corrected chi connectivity index (χ2v) is 8.34. The standard InChI is InChI=1S/C25H25FN6O2/c1-2-27-25(34)20-8-6-17(14-29-20)32-12-10-31(11-13-32)15-16-5-7-18-22-19(4-3-9-28-22)24(33)30-23(18)21(16)26/h3-9,14H,2,10-13,15H2,1H3,(H,27,34)(H,30,33). The number of benzene rings is 1. The van der Waals surface area contributed by atoms with Gasteiger partial charge in [0.15, 0.2) is 5.82 Å². The summed E-state index contributed by atoms with van der Waals surface area (Å²) < 4.78 is 15.4. The van der Waals surface area contributed by atoms with Gasteiger partial charge in [-0.05, 0) is 31.2 Å². The number of anilines is 1. The number of halogens is 1. The Hall–Kier alpha value is -3.85. The fraction of sp³-hybridized carbons (Fsp3) is 0.280. The predicted octanol–water partition coefficient (Wildman–Crippen LogP) is 2.68. The zero-order chi connectivity index (χ0) is 23.7. The number of H-pyrrole nitrogens is 1. The van der Waals surface area contributed by atoms with Gasteiger partial charge in [0.2, 0.25) is 0 Å². The highest BCUT2D eigenvalue weighted by Gasteiger charge is 2.20. The van der Waals surface area contributed by atoms with Crippen LogP contribution in [0.4, 0.5) is 10.1 Å². The van der Waals surface area contributed by atoms with Crippen LogP contribution < -0.4 is 15.8 Å². The van der Waals surface area contributed by atoms with Crippen molar-refractivity contribution in [1.29, 1.82) is 0 Å². The van der Waals surface area contributed by atoms with Crippen molar-refractivity contribution in [1.82, 2.24) is 25.2 Å². The lowest BCUT2D eigenvalue weighted by atomic mass is 10.1. The van der Waals surface area contributed by atoms with Crippen molar-refractivity contribution >= 4 is 33.4 Å². The third kappa shape index (κ3) is 4.10. The van der Waals surface area contributed by atoms with Crippen LogP contribution >= 0.6 is 0 Å². The summed E-state index contributed by atoms with van der Waals surface area (Å²) >= 11 is 0. The Kier molecular flexibility index (Phi) is 5.93. The summed E-state index contributed by atoms with van der Waals surface area (Å²) in [6.45, 7) is 5.92. The topological polar surface area (TPSA) is 94.2 Å². The highest BCUT2D eigenvalue weighted by Crippen LogP contribution is 2.25. The molecule has 4 aromatic rings. The van der Waals surface area contributed by atoms with Crippen molar-refractivity contribution in [2.45, 2.75) is 13.5 Å². The minimum absolute atomic E-state index is 0.179. The number of nitrogens with zero attached hydrogens (tertiary/aromatic N) is 4. The number of fused-ring (bicyclic) bond motifs is 3. The summed E-state index contributed by atoms with van der Waals surface area (Å²) in [4.78, 5) is 40.0. The van der Waals surface area contributed by atoms with E-state index >= 15 is 4.39 Å². The minimum atomic E-state index is -0.408. The highest BCUT2D eigenvalue weighted by molar-refractivity contribution is 6.03. The molecule has 1 amide bonds. The number of rotatable bonds is 5. The van der Waals surface area contributed by atoms with Gasteiger partial charge in [0.1, 0.15) is 5.69 Å². The largest absolute Gasteiger partial charge is 0.368 e. The molecule has 34 heavy (non-hydrogen) atoms. The summed E-state index contributed by atoms with van der Waals surface area (Å²) in [7, 11) is 0. The maximum Gasteiger partial charge on any atom is 0.269 e. The minimum Gasteiger partial charge on any atom is -0.368 e. The van der Waals surface area contributed by atoms with E-state index in [1.165, 1.54) is 0 Å². The molecular formula is C25H25FN6O2. The van der Waals surface area contributed by atoms with Crippen molar-refractivity contribution in [3.8, 4) is 0 Å². The van der Waals surface area contributed by atoms with E-state index in [1.807, 2.05) is 19.1 Å². The van der Waals surface area contributed by atoms with Gasteiger partial charge in [0, 0.05) is 56.4 Å². The molecule has 0 unspecified atom stereocenters. The van der Waals surface area contributed by atoms with Crippen molar-refractivity contribution in [3.05, 3.63) is 76.2 Å². The normalized spacial score (nSPS) is 14.6. The van der Waals surface area contributed by atoms with Gasteiger partial charge in [-0.1, -0.05) is 12.1 Å². The second-order valence-electron chi connectivity index (χ2n) is 8.34. The maximum atomic E-state index is 15.4. The number of nitrogens with one attached hydrogen (secondary N) is 2. The Morgan fingerprint density at radius 3 is 2.65 bits per heavy atom. The monoisotopic (exact) mass is 460 g/mol. The van der Waals surface area contributed by atoms with Gasteiger partial charge in [0.05, 0.1) is 28.3 Å². The number of carbonyl (C=O) groups is 1. The Labute approximate surface area is 195 Å². The van der Waals surface area contributed by atoms with Crippen molar-refractivity contribution in [2.24, 2.45) is 0 Å². The van der Waals surface area contributed by atoms with Crippen LogP contribution in [0.2, 0.25) is 0 Å². The first-order chi connectivity index (χ1) is 16.5. The van der Waals surface area contributed by atoms with Crippen LogP contribution in [0.1, 0.15) is 23.0 Å². The molecule has 4 heterocycles. The summed E-state index contributed by atoms with van der Waals surface area (Å²) in [6.07, 6.45) is 3.33. The van der Waals surface area contributed by atoms with Crippen LogP contribution in [0.5, 0.6) is 0 Å². The Morgan fingerprint density at radius 2 is 1.91 bits per heavy atom. The molecule has 3 aromatic heterocycles. The first kappa shape index (κ1) is 22.0. The molecule has 0 aliphatic carbocycles. The molecule has 1 aromatic carbocycles. The molecule has 0 spiro atoms. The quantitative estimate of drug-likeness (QED) is 0.445. The zero-order valence-corrected chi connectivity index (χ0v) is 18.8. The summed E-state index contributed by atoms with van der Waals surface area (Å²) in [5.74, 6) is -0.587. The molecule has 174 valence electrons. The van der Waals surface area contributed by atoms with E-state index in [1.54, 1.807) is 36.7 Å². The van der Waals surface area contributed by atoms with E-state index in [0.717, 1.165) is 31.9 Å². The number of aromatic nitrogens is 3. The van der Waals surface area contributed by atoms with Gasteiger partial charge in [0.25, 0.3) is 11.5 Å². The predicted molar refractivity (Wildman–Crippen MR) is 130 cm³/mol. The van der Waals surface area contributed by atoms with Crippen LogP contribution in [0.15, 0.2) is 53.6 Å². The first-order valence-corrected chi connectivity index (χ1v) is 11.3. The molecule has 0 radical (unpaired) electrons. The third-order valence-corrected chi connectivity index (χ3v) is 6.22. The zero-order valence-electron chi connectivity index (χ0n) is 18.8. The molecule has 9 heteroatoms. The van der Waals surface area contributed by atoms with E-state index in [4.69, 9.17) is 0 Å². The molecule has 1 fully saturated rings. The lowest BCUT2D eigenvalue weighted by Crippen LogP contribution is -2.46. The Bertz CT molecular complexity index is 1410. The molecule has 0 atom stereocenters. The number of aromatic amines is 1. The highest BCUT2D eigenvalue weighted by atomic mass is 19.1. The van der Waals surface area contributed by atoms with Gasteiger partial charge >= 0.3 is 0 Å². The molecule has 8 nitrogen and oxygen atoms in total. The fourth-order valence-corrected chi connectivity index (χ4v) is 4.41. The fourth-order valence-electron chi connectivity index (χ4n) is 4.41. The number of carbonyl (C=O) groups excluding carboxylic acids is 1. The van der Waals surface area contributed by atoms with E-state index in [2.05, 4.69) is 30.1 Å². The van der Waals surface area contributed by atoms with Gasteiger partial charge in [-0.2, -0.15) is 0 Å². The Balaban J connectivity index is 1.29. The lowest BCUT2D eigenvalue weighted by Gasteiger charge is -2.36. The number of hydrogen-bond donors (Lipinski definition) is 2. The smallest absolute Gasteiger partial charge is 0.269 e. The number of pyridine rings is 3. The molecule has 0 saturated carbocycles. The van der Waals surface area contributed by atoms with Crippen molar-refractivity contribution < 1.29 is 9.18 Å². The molecule has 1 aliphatic heterocycles. The summed E-state index contributed by atoms with van der Waals surface area (Å²) in [6, 6.07) is 10.6. The van der Waals surface area contributed by atoms with Gasteiger partial charge in [-0.3, -0.25) is 19.5 Å².